The molecule has 3 aromatic heterocycles. The molecule has 4 heterocycles. The predicted octanol–water partition coefficient (Wildman–Crippen LogP) is 1.72. The van der Waals surface area contributed by atoms with Crippen LogP contribution in [0.4, 0.5) is 21.7 Å². The number of amides is 1. The topological polar surface area (TPSA) is 115 Å². The first kappa shape index (κ1) is 20.2. The van der Waals surface area contributed by atoms with Gasteiger partial charge in [-0.3, -0.25) is 9.59 Å². The molecule has 2 aliphatic carbocycles. The van der Waals surface area contributed by atoms with E-state index >= 15 is 0 Å². The largest absolute Gasteiger partial charge is 0.381 e. The molecule has 3 aromatic rings. The standard InChI is InChI=1S/C22H24FN7O3/c1-24-18-7-17(26-16-3-2-6-29(22(16)32)19-12-9-33-10-13(12)19)28-20-11(8-25-30(18)20)21(31)27-15-5-4-14(15)23/h2-3,6-8,12-15,19,24H,4-5,9-10H2,1H3,(H,26,28)(H,27,31)/t12-,13+,14-,15-,19?/m0/s1. The van der Waals surface area contributed by atoms with Crippen LogP contribution < -0.4 is 21.5 Å². The zero-order valence-corrected chi connectivity index (χ0v) is 18.0. The van der Waals surface area contributed by atoms with Crippen LogP contribution >= 0.6 is 0 Å². The van der Waals surface area contributed by atoms with Crippen LogP contribution in [-0.2, 0) is 4.74 Å². The third-order valence-electron chi connectivity index (χ3n) is 6.94. The van der Waals surface area contributed by atoms with Crippen molar-refractivity contribution >= 4 is 28.9 Å². The first-order chi connectivity index (χ1) is 16.0. The maximum atomic E-state index is 13.6. The van der Waals surface area contributed by atoms with Gasteiger partial charge in [0.2, 0.25) is 0 Å². The molecule has 0 bridgehead atoms. The summed E-state index contributed by atoms with van der Waals surface area (Å²) in [6, 6.07) is 4.95. The third kappa shape index (κ3) is 3.26. The third-order valence-corrected chi connectivity index (χ3v) is 6.94. The summed E-state index contributed by atoms with van der Waals surface area (Å²) < 4.78 is 22.3. The first-order valence-corrected chi connectivity index (χ1v) is 11.1. The van der Waals surface area contributed by atoms with Gasteiger partial charge in [-0.2, -0.15) is 9.61 Å². The lowest BCUT2D eigenvalue weighted by Gasteiger charge is -2.30. The van der Waals surface area contributed by atoms with E-state index in [2.05, 4.69) is 26.0 Å². The normalized spacial score (nSPS) is 27.6. The fraction of sp³-hybridized carbons (Fsp3) is 0.455. The quantitative estimate of drug-likeness (QED) is 0.521. The average molecular weight is 453 g/mol. The second-order valence-corrected chi connectivity index (χ2v) is 8.86. The molecule has 1 amide bonds. The van der Waals surface area contributed by atoms with Crippen molar-refractivity contribution < 1.29 is 13.9 Å². The molecule has 2 saturated carbocycles. The number of ether oxygens (including phenoxy) is 1. The van der Waals surface area contributed by atoms with Crippen LogP contribution in [0.2, 0.25) is 0 Å². The minimum Gasteiger partial charge on any atom is -0.381 e. The zero-order chi connectivity index (χ0) is 22.7. The van der Waals surface area contributed by atoms with Gasteiger partial charge in [-0.25, -0.2) is 9.37 Å². The van der Waals surface area contributed by atoms with E-state index in [0.717, 1.165) is 0 Å². The Bertz CT molecular complexity index is 1290. The number of fused-ring (bicyclic) bond motifs is 2. The number of halogens is 1. The van der Waals surface area contributed by atoms with Crippen molar-refractivity contribution in [2.75, 3.05) is 30.9 Å². The maximum Gasteiger partial charge on any atom is 0.274 e. The first-order valence-electron chi connectivity index (χ1n) is 11.1. The number of hydrogen-bond acceptors (Lipinski definition) is 7. The van der Waals surface area contributed by atoms with Gasteiger partial charge in [0.15, 0.2) is 5.65 Å². The van der Waals surface area contributed by atoms with E-state index in [1.165, 1.54) is 10.7 Å². The van der Waals surface area contributed by atoms with E-state index in [9.17, 15) is 14.0 Å². The molecular weight excluding hydrogens is 429 g/mol. The smallest absolute Gasteiger partial charge is 0.274 e. The Labute approximate surface area is 188 Å². The Morgan fingerprint density at radius 2 is 2.09 bits per heavy atom. The monoisotopic (exact) mass is 453 g/mol. The van der Waals surface area contributed by atoms with Gasteiger partial charge in [-0.1, -0.05) is 0 Å². The second kappa shape index (κ2) is 7.55. The number of nitrogens with one attached hydrogen (secondary N) is 3. The molecule has 5 atom stereocenters. The molecule has 1 saturated heterocycles. The number of rotatable bonds is 6. The molecule has 33 heavy (non-hydrogen) atoms. The van der Waals surface area contributed by atoms with Gasteiger partial charge < -0.3 is 25.3 Å². The highest BCUT2D eigenvalue weighted by Crippen LogP contribution is 2.53. The Balaban J connectivity index is 1.31. The molecule has 10 nitrogen and oxygen atoms in total. The lowest BCUT2D eigenvalue weighted by molar-refractivity contribution is 0.0826. The summed E-state index contributed by atoms with van der Waals surface area (Å²) in [5.74, 6) is 1.35. The fourth-order valence-corrected chi connectivity index (χ4v) is 4.83. The molecule has 1 unspecified atom stereocenters. The average Bonchev–Trinajstić information content (AvgIpc) is 3.15. The number of carbonyl (C=O) groups excluding carboxylic acids is 1. The minimum absolute atomic E-state index is 0.130. The molecule has 3 fully saturated rings. The van der Waals surface area contributed by atoms with Crippen molar-refractivity contribution in [2.45, 2.75) is 31.1 Å². The van der Waals surface area contributed by atoms with Gasteiger partial charge in [0.1, 0.15) is 29.1 Å². The van der Waals surface area contributed by atoms with Crippen LogP contribution in [0.3, 0.4) is 0 Å². The van der Waals surface area contributed by atoms with E-state index in [0.29, 0.717) is 60.9 Å². The molecule has 0 spiro atoms. The summed E-state index contributed by atoms with van der Waals surface area (Å²) in [4.78, 5) is 30.4. The zero-order valence-electron chi connectivity index (χ0n) is 18.0. The van der Waals surface area contributed by atoms with Crippen molar-refractivity contribution in [3.05, 3.63) is 46.5 Å². The SMILES string of the molecule is CNc1cc(Nc2cccn(C3[C@H]4COC[C@@H]34)c2=O)nc2c(C(=O)N[C@H]3CC[C@@H]3F)cnn12. The number of nitrogens with zero attached hydrogens (tertiary/aromatic N) is 4. The number of hydrogen-bond donors (Lipinski definition) is 3. The summed E-state index contributed by atoms with van der Waals surface area (Å²) in [5.41, 5.74) is 0.810. The molecule has 6 rings (SSSR count). The number of carbonyl (C=O) groups is 1. The Kier molecular flexibility index (Phi) is 4.61. The fourth-order valence-electron chi connectivity index (χ4n) is 4.83. The van der Waals surface area contributed by atoms with Crippen molar-refractivity contribution in [3.63, 3.8) is 0 Å². The van der Waals surface area contributed by atoms with Crippen LogP contribution in [-0.4, -0.2) is 57.5 Å². The summed E-state index contributed by atoms with van der Waals surface area (Å²) >= 11 is 0. The molecule has 1 aliphatic heterocycles. The number of pyridine rings is 1. The van der Waals surface area contributed by atoms with E-state index in [1.807, 2.05) is 12.3 Å². The number of anilines is 3. The highest BCUT2D eigenvalue weighted by atomic mass is 19.1. The summed E-state index contributed by atoms with van der Waals surface area (Å²) in [5, 5.41) is 13.1. The van der Waals surface area contributed by atoms with E-state index < -0.39 is 18.1 Å². The van der Waals surface area contributed by atoms with Crippen LogP contribution in [0.1, 0.15) is 29.2 Å². The lowest BCUT2D eigenvalue weighted by Crippen LogP contribution is -2.48. The van der Waals surface area contributed by atoms with Crippen LogP contribution in [0.25, 0.3) is 5.65 Å². The number of aromatic nitrogens is 4. The van der Waals surface area contributed by atoms with Gasteiger partial charge in [0, 0.05) is 37.2 Å². The summed E-state index contributed by atoms with van der Waals surface area (Å²) in [6.07, 6.45) is 3.27. The van der Waals surface area contributed by atoms with Crippen LogP contribution in [0.15, 0.2) is 35.4 Å². The number of alkyl halides is 1. The Morgan fingerprint density at radius 3 is 2.79 bits per heavy atom. The molecule has 0 aromatic carbocycles. The predicted molar refractivity (Wildman–Crippen MR) is 119 cm³/mol. The van der Waals surface area contributed by atoms with Crippen molar-refractivity contribution in [2.24, 2.45) is 11.8 Å². The molecule has 11 heteroatoms. The van der Waals surface area contributed by atoms with Crippen LogP contribution in [0, 0.1) is 11.8 Å². The van der Waals surface area contributed by atoms with E-state index in [-0.39, 0.29) is 17.2 Å². The Hall–Kier alpha value is -3.47. The van der Waals surface area contributed by atoms with Gasteiger partial charge in [0.25, 0.3) is 11.5 Å². The van der Waals surface area contributed by atoms with Crippen LogP contribution in [0.5, 0.6) is 0 Å². The van der Waals surface area contributed by atoms with Gasteiger partial charge in [-0.05, 0) is 25.0 Å². The Morgan fingerprint density at radius 1 is 1.27 bits per heavy atom. The van der Waals surface area contributed by atoms with Gasteiger partial charge >= 0.3 is 0 Å². The molecule has 0 radical (unpaired) electrons. The highest BCUT2D eigenvalue weighted by Gasteiger charge is 2.55. The van der Waals surface area contributed by atoms with Crippen molar-refractivity contribution in [1.29, 1.82) is 0 Å². The maximum absolute atomic E-state index is 13.6. The van der Waals surface area contributed by atoms with E-state index in [4.69, 9.17) is 4.74 Å². The molecule has 3 aliphatic rings. The van der Waals surface area contributed by atoms with Crippen molar-refractivity contribution in [1.82, 2.24) is 24.5 Å². The highest BCUT2D eigenvalue weighted by molar-refractivity contribution is 6.00. The minimum atomic E-state index is -1.02. The summed E-state index contributed by atoms with van der Waals surface area (Å²) in [6.45, 7) is 1.39. The van der Waals surface area contributed by atoms with Crippen molar-refractivity contribution in [3.8, 4) is 0 Å². The lowest BCUT2D eigenvalue weighted by atomic mass is 9.90. The second-order valence-electron chi connectivity index (χ2n) is 8.86. The summed E-state index contributed by atoms with van der Waals surface area (Å²) in [7, 11) is 1.73. The van der Waals surface area contributed by atoms with Gasteiger partial charge in [-0.15, -0.1) is 0 Å². The molecule has 172 valence electrons. The van der Waals surface area contributed by atoms with Gasteiger partial charge in [0.05, 0.1) is 25.5 Å². The molecular formula is C22H24FN7O3. The van der Waals surface area contributed by atoms with E-state index in [1.54, 1.807) is 23.7 Å². The molecule has 3 N–H and O–H groups in total.